The van der Waals surface area contributed by atoms with Crippen LogP contribution in [0.3, 0.4) is 0 Å². The summed E-state index contributed by atoms with van der Waals surface area (Å²) in [4.78, 5) is 53.7. The summed E-state index contributed by atoms with van der Waals surface area (Å²) >= 11 is 0. The van der Waals surface area contributed by atoms with Crippen LogP contribution in [0.2, 0.25) is 0 Å². The fourth-order valence-corrected chi connectivity index (χ4v) is 3.11. The summed E-state index contributed by atoms with van der Waals surface area (Å²) in [6.07, 6.45) is 1.60. The van der Waals surface area contributed by atoms with Crippen molar-refractivity contribution in [2.45, 2.75) is 19.8 Å². The van der Waals surface area contributed by atoms with Gasteiger partial charge >= 0.3 is 23.9 Å². The molecule has 2 saturated heterocycles. The number of likely N-dealkylation sites (tertiary alicyclic amines) is 1. The quantitative estimate of drug-likeness (QED) is 0.710. The Labute approximate surface area is 147 Å². The molecule has 2 aliphatic rings. The number of imide groups is 1. The molecule has 2 heterocycles. The summed E-state index contributed by atoms with van der Waals surface area (Å²) in [5, 5.41) is 2.75. The minimum Gasteiger partial charge on any atom is -0.337 e. The molecule has 25 heavy (non-hydrogen) atoms. The number of urea groups is 2. The van der Waals surface area contributed by atoms with Crippen LogP contribution in [0.4, 0.5) is 9.59 Å². The zero-order valence-electron chi connectivity index (χ0n) is 15.2. The van der Waals surface area contributed by atoms with Crippen molar-refractivity contribution in [3.05, 3.63) is 0 Å². The molecule has 0 aromatic heterocycles. The number of amides is 6. The normalized spacial score (nSPS) is 19.2. The Balaban J connectivity index is 1.77. The predicted molar refractivity (Wildman–Crippen MR) is 90.7 cm³/mol. The van der Waals surface area contributed by atoms with Gasteiger partial charge in [0.1, 0.15) is 0 Å². The van der Waals surface area contributed by atoms with Crippen molar-refractivity contribution in [3.8, 4) is 0 Å². The third kappa shape index (κ3) is 4.40. The highest BCUT2D eigenvalue weighted by atomic mass is 16.2. The molecule has 6 amide bonds. The lowest BCUT2D eigenvalue weighted by atomic mass is 9.97. The van der Waals surface area contributed by atoms with E-state index in [2.05, 4.69) is 5.32 Å². The van der Waals surface area contributed by atoms with Gasteiger partial charge in [-0.1, -0.05) is 0 Å². The van der Waals surface area contributed by atoms with Gasteiger partial charge in [-0.2, -0.15) is 0 Å². The number of hydrogen-bond acceptors (Lipinski definition) is 4. The molecule has 0 aliphatic carbocycles. The molecule has 0 bridgehead atoms. The van der Waals surface area contributed by atoms with E-state index in [0.717, 1.165) is 17.7 Å². The van der Waals surface area contributed by atoms with Crippen LogP contribution in [-0.4, -0.2) is 96.8 Å². The number of nitrogens with zero attached hydrogens (tertiary/aromatic N) is 4. The summed E-state index contributed by atoms with van der Waals surface area (Å²) < 4.78 is 0. The van der Waals surface area contributed by atoms with Crippen LogP contribution in [0, 0.1) is 5.92 Å². The largest absolute Gasteiger partial charge is 0.337 e. The summed E-state index contributed by atoms with van der Waals surface area (Å²) in [5.41, 5.74) is 0. The van der Waals surface area contributed by atoms with Gasteiger partial charge in [-0.05, 0) is 25.7 Å². The Bertz CT molecular complexity index is 543. The van der Waals surface area contributed by atoms with E-state index in [1.807, 2.05) is 0 Å². The molecule has 0 unspecified atom stereocenters. The number of hydrogen-bond donors (Lipinski definition) is 1. The topological polar surface area (TPSA) is 93.3 Å². The van der Waals surface area contributed by atoms with Gasteiger partial charge in [0.05, 0.1) is 0 Å². The van der Waals surface area contributed by atoms with Crippen molar-refractivity contribution in [3.63, 3.8) is 0 Å². The van der Waals surface area contributed by atoms with Crippen LogP contribution in [0.1, 0.15) is 19.8 Å². The molecule has 9 heteroatoms. The first-order valence-corrected chi connectivity index (χ1v) is 8.70. The van der Waals surface area contributed by atoms with Gasteiger partial charge in [0.2, 0.25) is 0 Å². The van der Waals surface area contributed by atoms with Crippen molar-refractivity contribution >= 4 is 23.9 Å². The second kappa shape index (κ2) is 8.17. The molecular weight excluding hydrogens is 326 g/mol. The van der Waals surface area contributed by atoms with E-state index in [1.165, 1.54) is 4.90 Å². The van der Waals surface area contributed by atoms with Gasteiger partial charge in [0.25, 0.3) is 0 Å². The highest BCUT2D eigenvalue weighted by molar-refractivity contribution is 6.38. The maximum Gasteiger partial charge on any atom is 0.324 e. The molecule has 9 nitrogen and oxygen atoms in total. The Morgan fingerprint density at radius 2 is 1.72 bits per heavy atom. The molecular formula is C16H27N5O4. The standard InChI is InChI=1S/C16H27N5O4/c1-4-19-9-10-21(14(23)13(19)22)15(24)17-11-12-5-7-20(8-6-12)16(25)18(2)3/h12H,4-11H2,1-3H3,(H,17,24). The number of likely N-dealkylation sites (N-methyl/N-ethyl adjacent to an activating group) is 1. The van der Waals surface area contributed by atoms with Gasteiger partial charge in [-0.15, -0.1) is 0 Å². The zero-order chi connectivity index (χ0) is 18.6. The van der Waals surface area contributed by atoms with E-state index < -0.39 is 17.8 Å². The Morgan fingerprint density at radius 3 is 2.28 bits per heavy atom. The zero-order valence-corrected chi connectivity index (χ0v) is 15.2. The lowest BCUT2D eigenvalue weighted by molar-refractivity contribution is -0.153. The minimum absolute atomic E-state index is 0.000361. The summed E-state index contributed by atoms with van der Waals surface area (Å²) in [6, 6.07) is -0.513. The highest BCUT2D eigenvalue weighted by Gasteiger charge is 2.35. The van der Waals surface area contributed by atoms with Crippen LogP contribution in [0.5, 0.6) is 0 Å². The van der Waals surface area contributed by atoms with Gasteiger partial charge < -0.3 is 20.0 Å². The number of carbonyl (C=O) groups excluding carboxylic acids is 4. The van der Waals surface area contributed by atoms with Gasteiger partial charge in [0, 0.05) is 53.4 Å². The lowest BCUT2D eigenvalue weighted by Crippen LogP contribution is -2.58. The second-order valence-electron chi connectivity index (χ2n) is 6.64. The van der Waals surface area contributed by atoms with Gasteiger partial charge in [0.15, 0.2) is 0 Å². The van der Waals surface area contributed by atoms with Crippen LogP contribution in [0.15, 0.2) is 0 Å². The average Bonchev–Trinajstić information content (AvgIpc) is 2.61. The number of piperazine rings is 1. The van der Waals surface area contributed by atoms with Gasteiger partial charge in [-0.3, -0.25) is 14.5 Å². The molecule has 2 aliphatic heterocycles. The average molecular weight is 353 g/mol. The second-order valence-corrected chi connectivity index (χ2v) is 6.64. The summed E-state index contributed by atoms with van der Waals surface area (Å²) in [6.45, 7) is 4.62. The molecule has 0 spiro atoms. The lowest BCUT2D eigenvalue weighted by Gasteiger charge is -2.34. The molecule has 0 atom stereocenters. The maximum atomic E-state index is 12.2. The SMILES string of the molecule is CCN1CCN(C(=O)NCC2CCN(C(=O)N(C)C)CC2)C(=O)C1=O. The first-order chi connectivity index (χ1) is 11.8. The Kier molecular flexibility index (Phi) is 6.22. The predicted octanol–water partition coefficient (Wildman–Crippen LogP) is -0.220. The molecule has 2 rings (SSSR count). The fourth-order valence-electron chi connectivity index (χ4n) is 3.11. The summed E-state index contributed by atoms with van der Waals surface area (Å²) in [5.74, 6) is -1.13. The number of piperidine rings is 1. The van der Waals surface area contributed by atoms with E-state index in [-0.39, 0.29) is 18.5 Å². The van der Waals surface area contributed by atoms with Crippen molar-refractivity contribution in [1.82, 2.24) is 24.9 Å². The van der Waals surface area contributed by atoms with Crippen LogP contribution < -0.4 is 5.32 Å². The minimum atomic E-state index is -0.767. The van der Waals surface area contributed by atoms with Crippen LogP contribution >= 0.6 is 0 Å². The fraction of sp³-hybridized carbons (Fsp3) is 0.750. The number of rotatable bonds is 3. The van der Waals surface area contributed by atoms with E-state index in [1.54, 1.807) is 30.8 Å². The molecule has 0 radical (unpaired) electrons. The van der Waals surface area contributed by atoms with E-state index in [9.17, 15) is 19.2 Å². The third-order valence-corrected chi connectivity index (χ3v) is 4.75. The van der Waals surface area contributed by atoms with E-state index in [4.69, 9.17) is 0 Å². The third-order valence-electron chi connectivity index (χ3n) is 4.75. The number of nitrogens with one attached hydrogen (secondary N) is 1. The van der Waals surface area contributed by atoms with Crippen molar-refractivity contribution < 1.29 is 19.2 Å². The first kappa shape index (κ1) is 19.0. The monoisotopic (exact) mass is 353 g/mol. The number of carbonyl (C=O) groups is 4. The molecule has 140 valence electrons. The summed E-state index contributed by atoms with van der Waals surface area (Å²) in [7, 11) is 3.45. The van der Waals surface area contributed by atoms with Crippen molar-refractivity contribution in [2.24, 2.45) is 5.92 Å². The first-order valence-electron chi connectivity index (χ1n) is 8.70. The smallest absolute Gasteiger partial charge is 0.324 e. The van der Waals surface area contributed by atoms with Crippen molar-refractivity contribution in [1.29, 1.82) is 0 Å². The van der Waals surface area contributed by atoms with E-state index >= 15 is 0 Å². The van der Waals surface area contributed by atoms with Crippen molar-refractivity contribution in [2.75, 3.05) is 53.4 Å². The highest BCUT2D eigenvalue weighted by Crippen LogP contribution is 2.17. The molecule has 1 N–H and O–H groups in total. The molecule has 0 saturated carbocycles. The van der Waals surface area contributed by atoms with Gasteiger partial charge in [-0.25, -0.2) is 9.59 Å². The molecule has 2 fully saturated rings. The molecule has 0 aromatic rings. The maximum absolute atomic E-state index is 12.2. The van der Waals surface area contributed by atoms with Crippen LogP contribution in [0.25, 0.3) is 0 Å². The van der Waals surface area contributed by atoms with Crippen LogP contribution in [-0.2, 0) is 9.59 Å². The Hall–Kier alpha value is -2.32. The molecule has 0 aromatic carbocycles. The Morgan fingerprint density at radius 1 is 1.08 bits per heavy atom. The van der Waals surface area contributed by atoms with E-state index in [0.29, 0.717) is 32.7 Å².